The van der Waals surface area contributed by atoms with Crippen molar-refractivity contribution in [3.05, 3.63) is 29.3 Å². The van der Waals surface area contributed by atoms with E-state index in [0.717, 1.165) is 5.56 Å². The number of fused-ring (bicyclic) bond motifs is 2. The number of benzene rings is 1. The SMILES string of the molecule is COc1cccc2c1C=C1C(=O)C[C@H](C)[C@@H](O)[C@H]1O2. The number of ether oxygens (including phenoxy) is 2. The first-order chi connectivity index (χ1) is 9.11. The summed E-state index contributed by atoms with van der Waals surface area (Å²) in [4.78, 5) is 12.1. The molecule has 1 N–H and O–H groups in total. The van der Waals surface area contributed by atoms with E-state index in [1.165, 1.54) is 0 Å². The van der Waals surface area contributed by atoms with Crippen molar-refractivity contribution in [2.45, 2.75) is 25.6 Å². The Balaban J connectivity index is 2.10. The minimum atomic E-state index is -0.650. The molecular weight excluding hydrogens is 244 g/mol. The van der Waals surface area contributed by atoms with Crippen LogP contribution in [-0.2, 0) is 4.79 Å². The van der Waals surface area contributed by atoms with Crippen LogP contribution in [-0.4, -0.2) is 30.2 Å². The Hall–Kier alpha value is -1.81. The molecule has 0 amide bonds. The number of rotatable bonds is 1. The molecule has 1 saturated carbocycles. The van der Waals surface area contributed by atoms with E-state index < -0.39 is 12.2 Å². The molecule has 19 heavy (non-hydrogen) atoms. The van der Waals surface area contributed by atoms with E-state index in [4.69, 9.17) is 9.47 Å². The molecule has 1 aromatic carbocycles. The molecule has 3 rings (SSSR count). The van der Waals surface area contributed by atoms with E-state index in [1.807, 2.05) is 25.1 Å². The van der Waals surface area contributed by atoms with Crippen LogP contribution in [0, 0.1) is 5.92 Å². The van der Waals surface area contributed by atoms with Gasteiger partial charge in [0.2, 0.25) is 0 Å². The molecule has 0 saturated heterocycles. The average molecular weight is 260 g/mol. The zero-order chi connectivity index (χ0) is 13.6. The number of methoxy groups -OCH3 is 1. The molecular formula is C15H16O4. The van der Waals surface area contributed by atoms with Gasteiger partial charge in [-0.3, -0.25) is 4.79 Å². The van der Waals surface area contributed by atoms with Crippen molar-refractivity contribution in [3.8, 4) is 11.5 Å². The molecule has 0 bridgehead atoms. The molecule has 0 unspecified atom stereocenters. The van der Waals surface area contributed by atoms with E-state index in [1.54, 1.807) is 13.2 Å². The predicted octanol–water partition coefficient (Wildman–Crippen LogP) is 1.81. The number of Topliss-reactive ketones (excluding diaryl/α,β-unsaturated/α-hetero) is 1. The van der Waals surface area contributed by atoms with Crippen molar-refractivity contribution < 1.29 is 19.4 Å². The zero-order valence-corrected chi connectivity index (χ0v) is 10.9. The van der Waals surface area contributed by atoms with Gasteiger partial charge in [0, 0.05) is 12.0 Å². The maximum absolute atomic E-state index is 12.1. The Kier molecular flexibility index (Phi) is 2.82. The summed E-state index contributed by atoms with van der Waals surface area (Å²) in [6.07, 6.45) is 0.941. The van der Waals surface area contributed by atoms with E-state index >= 15 is 0 Å². The number of aliphatic hydroxyl groups is 1. The molecule has 3 atom stereocenters. The lowest BCUT2D eigenvalue weighted by atomic mass is 9.79. The summed E-state index contributed by atoms with van der Waals surface area (Å²) < 4.78 is 11.1. The fourth-order valence-electron chi connectivity index (χ4n) is 2.71. The minimum absolute atomic E-state index is 0.0411. The lowest BCUT2D eigenvalue weighted by molar-refractivity contribution is -0.122. The molecule has 0 spiro atoms. The predicted molar refractivity (Wildman–Crippen MR) is 70.2 cm³/mol. The molecule has 0 aromatic heterocycles. The van der Waals surface area contributed by atoms with Gasteiger partial charge in [0.15, 0.2) is 11.9 Å². The van der Waals surface area contributed by atoms with Gasteiger partial charge >= 0.3 is 0 Å². The number of aliphatic hydroxyl groups excluding tert-OH is 1. The van der Waals surface area contributed by atoms with E-state index in [-0.39, 0.29) is 11.7 Å². The second-order valence-electron chi connectivity index (χ2n) is 5.11. The third-order valence-corrected chi connectivity index (χ3v) is 3.83. The summed E-state index contributed by atoms with van der Waals surface area (Å²) >= 11 is 0. The van der Waals surface area contributed by atoms with Gasteiger partial charge in [0.05, 0.1) is 18.8 Å². The Bertz CT molecular complexity index is 561. The second kappa shape index (κ2) is 4.38. The van der Waals surface area contributed by atoms with Crippen molar-refractivity contribution >= 4 is 11.9 Å². The maximum Gasteiger partial charge on any atom is 0.163 e. The van der Waals surface area contributed by atoms with Crippen LogP contribution in [0.25, 0.3) is 6.08 Å². The van der Waals surface area contributed by atoms with E-state index in [2.05, 4.69) is 0 Å². The lowest BCUT2D eigenvalue weighted by Crippen LogP contribution is -2.46. The van der Waals surface area contributed by atoms with Crippen molar-refractivity contribution in [3.63, 3.8) is 0 Å². The summed E-state index contributed by atoms with van der Waals surface area (Å²) in [5.74, 6) is 1.28. The monoisotopic (exact) mass is 260 g/mol. The highest BCUT2D eigenvalue weighted by molar-refractivity contribution is 6.03. The third kappa shape index (κ3) is 1.83. The maximum atomic E-state index is 12.1. The first-order valence-electron chi connectivity index (χ1n) is 6.38. The molecule has 4 nitrogen and oxygen atoms in total. The van der Waals surface area contributed by atoms with Gasteiger partial charge in [-0.1, -0.05) is 13.0 Å². The largest absolute Gasteiger partial charge is 0.496 e. The highest BCUT2D eigenvalue weighted by Gasteiger charge is 2.41. The quantitative estimate of drug-likeness (QED) is 0.836. The van der Waals surface area contributed by atoms with Gasteiger partial charge in [-0.25, -0.2) is 0 Å². The van der Waals surface area contributed by atoms with Gasteiger partial charge in [-0.15, -0.1) is 0 Å². The first kappa shape index (κ1) is 12.2. The molecule has 1 fully saturated rings. The average Bonchev–Trinajstić information content (AvgIpc) is 2.42. The zero-order valence-electron chi connectivity index (χ0n) is 10.9. The molecule has 1 aromatic rings. The van der Waals surface area contributed by atoms with Gasteiger partial charge in [-0.2, -0.15) is 0 Å². The van der Waals surface area contributed by atoms with Gasteiger partial charge in [0.1, 0.15) is 11.5 Å². The lowest BCUT2D eigenvalue weighted by Gasteiger charge is -2.37. The highest BCUT2D eigenvalue weighted by atomic mass is 16.5. The Labute approximate surface area is 111 Å². The van der Waals surface area contributed by atoms with Crippen LogP contribution in [0.15, 0.2) is 23.8 Å². The summed E-state index contributed by atoms with van der Waals surface area (Å²) in [5.41, 5.74) is 1.31. The number of hydrogen-bond acceptors (Lipinski definition) is 4. The van der Waals surface area contributed by atoms with Crippen LogP contribution in [0.5, 0.6) is 11.5 Å². The van der Waals surface area contributed by atoms with Crippen LogP contribution in [0.1, 0.15) is 18.9 Å². The third-order valence-electron chi connectivity index (χ3n) is 3.83. The number of hydrogen-bond donors (Lipinski definition) is 1. The highest BCUT2D eigenvalue weighted by Crippen LogP contribution is 2.40. The molecule has 1 aliphatic heterocycles. The van der Waals surface area contributed by atoms with Crippen LogP contribution in [0.3, 0.4) is 0 Å². The first-order valence-corrected chi connectivity index (χ1v) is 6.38. The second-order valence-corrected chi connectivity index (χ2v) is 5.11. The van der Waals surface area contributed by atoms with Gasteiger partial charge in [0.25, 0.3) is 0 Å². The normalized spacial score (nSPS) is 28.9. The van der Waals surface area contributed by atoms with E-state index in [9.17, 15) is 9.90 Å². The van der Waals surface area contributed by atoms with Crippen LogP contribution in [0.4, 0.5) is 0 Å². The van der Waals surface area contributed by atoms with Crippen molar-refractivity contribution in [1.82, 2.24) is 0 Å². The molecule has 4 heteroatoms. The minimum Gasteiger partial charge on any atom is -0.496 e. The smallest absolute Gasteiger partial charge is 0.163 e. The fraction of sp³-hybridized carbons (Fsp3) is 0.400. The van der Waals surface area contributed by atoms with Gasteiger partial charge < -0.3 is 14.6 Å². The molecule has 2 aliphatic rings. The van der Waals surface area contributed by atoms with Crippen LogP contribution in [0.2, 0.25) is 0 Å². The van der Waals surface area contributed by atoms with Crippen LogP contribution < -0.4 is 9.47 Å². The fourth-order valence-corrected chi connectivity index (χ4v) is 2.71. The van der Waals surface area contributed by atoms with Crippen molar-refractivity contribution in [2.24, 2.45) is 5.92 Å². The Morgan fingerprint density at radius 2 is 2.21 bits per heavy atom. The van der Waals surface area contributed by atoms with E-state index in [0.29, 0.717) is 23.5 Å². The summed E-state index contributed by atoms with van der Waals surface area (Å²) in [7, 11) is 1.58. The number of carbonyl (C=O) groups excluding carboxylic acids is 1. The number of ketones is 1. The molecule has 100 valence electrons. The Morgan fingerprint density at radius 3 is 2.95 bits per heavy atom. The Morgan fingerprint density at radius 1 is 1.42 bits per heavy atom. The van der Waals surface area contributed by atoms with Crippen molar-refractivity contribution in [2.75, 3.05) is 7.11 Å². The van der Waals surface area contributed by atoms with Gasteiger partial charge in [-0.05, 0) is 24.1 Å². The molecule has 1 heterocycles. The number of carbonyl (C=O) groups is 1. The topological polar surface area (TPSA) is 55.8 Å². The molecule has 0 radical (unpaired) electrons. The summed E-state index contributed by atoms with van der Waals surface area (Å²) in [5, 5.41) is 10.2. The summed E-state index contributed by atoms with van der Waals surface area (Å²) in [6, 6.07) is 5.48. The van der Waals surface area contributed by atoms with Crippen molar-refractivity contribution in [1.29, 1.82) is 0 Å². The molecule has 1 aliphatic carbocycles. The standard InChI is InChI=1S/C15H16O4/c1-8-6-11(16)9-7-10-12(18-2)4-3-5-13(10)19-15(9)14(8)17/h3-5,7-8,14-15,17H,6H2,1-2H3/t8-,14+,15-/m0/s1. The summed E-state index contributed by atoms with van der Waals surface area (Å²) in [6.45, 7) is 1.86. The van der Waals surface area contributed by atoms with Crippen LogP contribution >= 0.6 is 0 Å².